The van der Waals surface area contributed by atoms with Gasteiger partial charge in [0, 0.05) is 24.1 Å². The third-order valence-corrected chi connectivity index (χ3v) is 2.98. The molecule has 5 heteroatoms. The fourth-order valence-electron chi connectivity index (χ4n) is 1.58. The molecular formula is C8H14N4S. The van der Waals surface area contributed by atoms with E-state index in [-0.39, 0.29) is 0 Å². The van der Waals surface area contributed by atoms with Crippen LogP contribution in [0.25, 0.3) is 0 Å². The molecule has 1 fully saturated rings. The van der Waals surface area contributed by atoms with Gasteiger partial charge < -0.3 is 10.2 Å². The maximum atomic E-state index is 4.28. The van der Waals surface area contributed by atoms with E-state index in [1.165, 1.54) is 24.5 Å². The van der Waals surface area contributed by atoms with Crippen LogP contribution in [0.4, 0.5) is 5.13 Å². The third kappa shape index (κ3) is 2.16. The smallest absolute Gasteiger partial charge is 0.202 e. The molecule has 1 aliphatic rings. The first-order chi connectivity index (χ1) is 6.24. The lowest BCUT2D eigenvalue weighted by Gasteiger charge is -2.10. The summed E-state index contributed by atoms with van der Waals surface area (Å²) in [5, 5.41) is 4.35. The van der Waals surface area contributed by atoms with Crippen molar-refractivity contribution in [3.8, 4) is 0 Å². The summed E-state index contributed by atoms with van der Waals surface area (Å²) in [6.07, 6.45) is 1.20. The third-order valence-electron chi connectivity index (χ3n) is 2.25. The van der Waals surface area contributed by atoms with Gasteiger partial charge in [-0.2, -0.15) is 4.37 Å². The first-order valence-corrected chi connectivity index (χ1v) is 5.27. The number of hydrogen-bond donors (Lipinski definition) is 1. The van der Waals surface area contributed by atoms with Crippen LogP contribution in [0.1, 0.15) is 12.2 Å². The fraction of sp³-hybridized carbons (Fsp3) is 0.750. The molecule has 1 aromatic rings. The molecule has 72 valence electrons. The molecule has 0 spiro atoms. The Bertz CT molecular complexity index is 285. The second kappa shape index (κ2) is 3.59. The van der Waals surface area contributed by atoms with Gasteiger partial charge in [0.05, 0.1) is 0 Å². The van der Waals surface area contributed by atoms with Gasteiger partial charge in [0.15, 0.2) is 0 Å². The SMILES string of the molecule is Cc1nsc(NC2CCN(C)C2)n1. The summed E-state index contributed by atoms with van der Waals surface area (Å²) < 4.78 is 4.13. The number of hydrogen-bond acceptors (Lipinski definition) is 5. The lowest BCUT2D eigenvalue weighted by atomic mass is 10.3. The average molecular weight is 198 g/mol. The molecule has 1 N–H and O–H groups in total. The van der Waals surface area contributed by atoms with E-state index >= 15 is 0 Å². The lowest BCUT2D eigenvalue weighted by Crippen LogP contribution is -2.23. The van der Waals surface area contributed by atoms with Gasteiger partial charge in [0.2, 0.25) is 5.13 Å². The number of nitrogens with one attached hydrogen (secondary N) is 1. The molecule has 2 heterocycles. The van der Waals surface area contributed by atoms with E-state index < -0.39 is 0 Å². The number of aromatic nitrogens is 2. The van der Waals surface area contributed by atoms with E-state index in [1.807, 2.05) is 6.92 Å². The van der Waals surface area contributed by atoms with Gasteiger partial charge in [0.25, 0.3) is 0 Å². The topological polar surface area (TPSA) is 41.1 Å². The Morgan fingerprint density at radius 2 is 2.46 bits per heavy atom. The Morgan fingerprint density at radius 3 is 3.00 bits per heavy atom. The Balaban J connectivity index is 1.91. The summed E-state index contributed by atoms with van der Waals surface area (Å²) in [7, 11) is 2.15. The van der Waals surface area contributed by atoms with E-state index in [0.717, 1.165) is 17.5 Å². The van der Waals surface area contributed by atoms with E-state index in [1.54, 1.807) is 0 Å². The quantitative estimate of drug-likeness (QED) is 0.768. The molecule has 1 aromatic heterocycles. The standard InChI is InChI=1S/C8H14N4S/c1-6-9-8(13-11-6)10-7-3-4-12(2)5-7/h7H,3-5H2,1-2H3,(H,9,10,11). The van der Waals surface area contributed by atoms with E-state index in [4.69, 9.17) is 0 Å². The lowest BCUT2D eigenvalue weighted by molar-refractivity contribution is 0.414. The number of aryl methyl sites for hydroxylation is 1. The number of likely N-dealkylation sites (N-methyl/N-ethyl adjacent to an activating group) is 1. The largest absolute Gasteiger partial charge is 0.356 e. The van der Waals surface area contributed by atoms with Crippen LogP contribution in [-0.4, -0.2) is 40.4 Å². The molecule has 0 saturated carbocycles. The zero-order valence-electron chi connectivity index (χ0n) is 7.95. The van der Waals surface area contributed by atoms with E-state index in [9.17, 15) is 0 Å². The number of rotatable bonds is 2. The highest BCUT2D eigenvalue weighted by molar-refractivity contribution is 7.09. The minimum absolute atomic E-state index is 0.553. The molecule has 0 aliphatic carbocycles. The molecule has 0 radical (unpaired) electrons. The first-order valence-electron chi connectivity index (χ1n) is 4.49. The van der Waals surface area contributed by atoms with Crippen LogP contribution in [0, 0.1) is 6.92 Å². The van der Waals surface area contributed by atoms with Crippen LogP contribution < -0.4 is 5.32 Å². The number of anilines is 1. The highest BCUT2D eigenvalue weighted by atomic mass is 32.1. The predicted molar refractivity (Wildman–Crippen MR) is 54.2 cm³/mol. The maximum absolute atomic E-state index is 4.28. The zero-order valence-corrected chi connectivity index (χ0v) is 8.77. The summed E-state index contributed by atoms with van der Waals surface area (Å²) in [4.78, 5) is 6.60. The minimum Gasteiger partial charge on any atom is -0.356 e. The van der Waals surface area contributed by atoms with Crippen molar-refractivity contribution in [2.75, 3.05) is 25.5 Å². The van der Waals surface area contributed by atoms with Gasteiger partial charge in [-0.25, -0.2) is 4.98 Å². The monoisotopic (exact) mass is 198 g/mol. The molecule has 2 rings (SSSR count). The van der Waals surface area contributed by atoms with Crippen LogP contribution in [0.15, 0.2) is 0 Å². The van der Waals surface area contributed by atoms with Crippen molar-refractivity contribution >= 4 is 16.7 Å². The average Bonchev–Trinajstić information content (AvgIpc) is 2.62. The normalized spacial score (nSPS) is 23.7. The molecule has 1 atom stereocenters. The Morgan fingerprint density at radius 1 is 1.62 bits per heavy atom. The van der Waals surface area contributed by atoms with Crippen molar-refractivity contribution in [1.82, 2.24) is 14.3 Å². The van der Waals surface area contributed by atoms with E-state index in [0.29, 0.717) is 6.04 Å². The summed E-state index contributed by atoms with van der Waals surface area (Å²) in [5.74, 6) is 0.860. The van der Waals surface area contributed by atoms with Gasteiger partial charge >= 0.3 is 0 Å². The molecule has 0 aromatic carbocycles. The minimum atomic E-state index is 0.553. The molecule has 1 unspecified atom stereocenters. The van der Waals surface area contributed by atoms with Gasteiger partial charge in [-0.3, -0.25) is 0 Å². The molecule has 4 nitrogen and oxygen atoms in total. The van der Waals surface area contributed by atoms with Gasteiger partial charge in [-0.05, 0) is 26.9 Å². The number of nitrogens with zero attached hydrogens (tertiary/aromatic N) is 3. The van der Waals surface area contributed by atoms with E-state index in [2.05, 4.69) is 26.6 Å². The molecular weight excluding hydrogens is 184 g/mol. The summed E-state index contributed by atoms with van der Waals surface area (Å²) in [6, 6.07) is 0.553. The fourth-order valence-corrected chi connectivity index (χ4v) is 2.23. The van der Waals surface area contributed by atoms with Crippen molar-refractivity contribution < 1.29 is 0 Å². The van der Waals surface area contributed by atoms with Gasteiger partial charge in [0.1, 0.15) is 5.82 Å². The second-order valence-electron chi connectivity index (χ2n) is 3.54. The second-order valence-corrected chi connectivity index (χ2v) is 4.29. The number of likely N-dealkylation sites (tertiary alicyclic amines) is 1. The highest BCUT2D eigenvalue weighted by Gasteiger charge is 2.19. The summed E-state index contributed by atoms with van der Waals surface area (Å²) >= 11 is 1.45. The van der Waals surface area contributed by atoms with Crippen molar-refractivity contribution in [2.45, 2.75) is 19.4 Å². The summed E-state index contributed by atoms with van der Waals surface area (Å²) in [6.45, 7) is 4.20. The molecule has 13 heavy (non-hydrogen) atoms. The molecule has 0 amide bonds. The van der Waals surface area contributed by atoms with Crippen LogP contribution >= 0.6 is 11.5 Å². The van der Waals surface area contributed by atoms with Crippen LogP contribution in [0.5, 0.6) is 0 Å². The first kappa shape index (κ1) is 8.90. The predicted octanol–water partition coefficient (Wildman–Crippen LogP) is 0.963. The van der Waals surface area contributed by atoms with Crippen molar-refractivity contribution in [3.05, 3.63) is 5.82 Å². The van der Waals surface area contributed by atoms with Gasteiger partial charge in [-0.15, -0.1) is 0 Å². The van der Waals surface area contributed by atoms with Crippen molar-refractivity contribution in [1.29, 1.82) is 0 Å². The van der Waals surface area contributed by atoms with Crippen molar-refractivity contribution in [3.63, 3.8) is 0 Å². The molecule has 1 saturated heterocycles. The Labute approximate surface area is 82.1 Å². The maximum Gasteiger partial charge on any atom is 0.202 e. The Hall–Kier alpha value is -0.680. The molecule has 1 aliphatic heterocycles. The molecule has 0 bridgehead atoms. The van der Waals surface area contributed by atoms with Crippen LogP contribution in [0.2, 0.25) is 0 Å². The van der Waals surface area contributed by atoms with Gasteiger partial charge in [-0.1, -0.05) is 0 Å². The van der Waals surface area contributed by atoms with Crippen LogP contribution in [-0.2, 0) is 0 Å². The Kier molecular flexibility index (Phi) is 2.46. The summed E-state index contributed by atoms with van der Waals surface area (Å²) in [5.41, 5.74) is 0. The van der Waals surface area contributed by atoms with Crippen LogP contribution in [0.3, 0.4) is 0 Å². The van der Waals surface area contributed by atoms with Crippen molar-refractivity contribution in [2.24, 2.45) is 0 Å². The zero-order chi connectivity index (χ0) is 9.26. The highest BCUT2D eigenvalue weighted by Crippen LogP contribution is 2.16.